The van der Waals surface area contributed by atoms with Gasteiger partial charge in [0.2, 0.25) is 5.91 Å². The molecule has 0 saturated heterocycles. The van der Waals surface area contributed by atoms with Crippen molar-refractivity contribution >= 4 is 34.9 Å². The molecule has 1 aliphatic rings. The number of amides is 2. The van der Waals surface area contributed by atoms with Gasteiger partial charge in [-0.05, 0) is 12.1 Å². The van der Waals surface area contributed by atoms with Crippen molar-refractivity contribution in [3.63, 3.8) is 0 Å². The van der Waals surface area contributed by atoms with Gasteiger partial charge in [0.15, 0.2) is 0 Å². The van der Waals surface area contributed by atoms with E-state index in [4.69, 9.17) is 17.4 Å². The molecule has 0 atom stereocenters. The van der Waals surface area contributed by atoms with Crippen molar-refractivity contribution < 1.29 is 18.8 Å². The van der Waals surface area contributed by atoms with E-state index < -0.39 is 23.4 Å². The highest BCUT2D eigenvalue weighted by Gasteiger charge is 2.36. The molecule has 0 radical (unpaired) electrons. The van der Waals surface area contributed by atoms with E-state index in [1.807, 2.05) is 5.43 Å². The molecule has 0 spiro atoms. The monoisotopic (exact) mass is 285 g/mol. The van der Waals surface area contributed by atoms with E-state index in [1.165, 1.54) is 0 Å². The van der Waals surface area contributed by atoms with Crippen LogP contribution >= 0.6 is 11.6 Å². The number of hydrazine groups is 1. The van der Waals surface area contributed by atoms with E-state index in [0.717, 1.165) is 17.0 Å². The van der Waals surface area contributed by atoms with Crippen molar-refractivity contribution in [1.82, 2.24) is 5.43 Å². The topological polar surface area (TPSA) is 92.5 Å². The lowest BCUT2D eigenvalue weighted by atomic mass is 10.1. The molecule has 0 aromatic heterocycles. The van der Waals surface area contributed by atoms with E-state index in [1.54, 1.807) is 0 Å². The van der Waals surface area contributed by atoms with Gasteiger partial charge in [-0.15, -0.1) is 0 Å². The number of carbonyl (C=O) groups is 3. The van der Waals surface area contributed by atoms with Crippen molar-refractivity contribution in [2.24, 2.45) is 5.84 Å². The highest BCUT2D eigenvalue weighted by molar-refractivity contribution is 6.52. The Morgan fingerprint density at radius 3 is 2.74 bits per heavy atom. The third-order valence-electron chi connectivity index (χ3n) is 2.74. The fraction of sp³-hybridized carbons (Fsp3) is 0.182. The minimum Gasteiger partial charge on any atom is -0.304 e. The number of rotatable bonds is 3. The maximum atomic E-state index is 13.4. The third-order valence-corrected chi connectivity index (χ3v) is 3.03. The molecular formula is C11H9ClFN3O3. The number of benzene rings is 1. The van der Waals surface area contributed by atoms with E-state index in [0.29, 0.717) is 0 Å². The Bertz CT molecular complexity index is 591. The van der Waals surface area contributed by atoms with Crippen LogP contribution in [0.15, 0.2) is 12.1 Å². The summed E-state index contributed by atoms with van der Waals surface area (Å²) < 4.78 is 13.4. The second kappa shape index (κ2) is 4.94. The smallest absolute Gasteiger partial charge is 0.299 e. The zero-order valence-electron chi connectivity index (χ0n) is 9.57. The summed E-state index contributed by atoms with van der Waals surface area (Å²) in [5.74, 6) is 2.08. The first-order chi connectivity index (χ1) is 8.95. The zero-order chi connectivity index (χ0) is 14.2. The highest BCUT2D eigenvalue weighted by Crippen LogP contribution is 2.33. The standard InChI is InChI=1S/C11H9ClFN3O3/c12-6-3-5-8(4-7(6)13)16(11(19)10(5)18)2-1-9(17)15-14/h3-4H,1-2,14H2,(H,15,17). The lowest BCUT2D eigenvalue weighted by molar-refractivity contribution is -0.121. The zero-order valence-corrected chi connectivity index (χ0v) is 10.3. The third kappa shape index (κ3) is 2.29. The molecule has 0 unspecified atom stereocenters. The number of nitrogens with one attached hydrogen (secondary N) is 1. The van der Waals surface area contributed by atoms with Crippen LogP contribution in [0.25, 0.3) is 0 Å². The quantitative estimate of drug-likeness (QED) is 0.364. The Labute approximate surface area is 112 Å². The molecule has 0 fully saturated rings. The second-order valence-corrected chi connectivity index (χ2v) is 4.29. The van der Waals surface area contributed by atoms with Gasteiger partial charge in [-0.2, -0.15) is 0 Å². The summed E-state index contributed by atoms with van der Waals surface area (Å²) in [6.45, 7) is -0.0678. The Morgan fingerprint density at radius 1 is 1.42 bits per heavy atom. The molecule has 19 heavy (non-hydrogen) atoms. The minimum atomic E-state index is -0.818. The SMILES string of the molecule is NNC(=O)CCN1C(=O)C(=O)c2cc(Cl)c(F)cc21. The summed E-state index contributed by atoms with van der Waals surface area (Å²) in [6.07, 6.45) is -0.0980. The van der Waals surface area contributed by atoms with Crippen LogP contribution in [0.3, 0.4) is 0 Å². The van der Waals surface area contributed by atoms with Crippen LogP contribution in [0.4, 0.5) is 10.1 Å². The Hall–Kier alpha value is -1.99. The fourth-order valence-electron chi connectivity index (χ4n) is 1.80. The van der Waals surface area contributed by atoms with Gasteiger partial charge < -0.3 is 4.90 Å². The molecule has 1 aliphatic heterocycles. The number of ketones is 1. The Morgan fingerprint density at radius 2 is 2.11 bits per heavy atom. The van der Waals surface area contributed by atoms with Crippen molar-refractivity contribution in [2.75, 3.05) is 11.4 Å². The summed E-state index contributed by atoms with van der Waals surface area (Å²) in [6, 6.07) is 2.11. The van der Waals surface area contributed by atoms with Crippen LogP contribution < -0.4 is 16.2 Å². The van der Waals surface area contributed by atoms with Gasteiger partial charge in [0.1, 0.15) is 5.82 Å². The van der Waals surface area contributed by atoms with Gasteiger partial charge in [-0.1, -0.05) is 11.6 Å². The first kappa shape index (κ1) is 13.4. The predicted molar refractivity (Wildman–Crippen MR) is 65.0 cm³/mol. The summed E-state index contributed by atoms with van der Waals surface area (Å²) in [5.41, 5.74) is 2.05. The largest absolute Gasteiger partial charge is 0.304 e. The van der Waals surface area contributed by atoms with E-state index >= 15 is 0 Å². The number of hydrogen-bond acceptors (Lipinski definition) is 4. The van der Waals surface area contributed by atoms with Crippen LogP contribution in [0.5, 0.6) is 0 Å². The fourth-order valence-corrected chi connectivity index (χ4v) is 1.96. The summed E-state index contributed by atoms with van der Waals surface area (Å²) in [5, 5.41) is -0.235. The lowest BCUT2D eigenvalue weighted by Gasteiger charge is -2.15. The maximum absolute atomic E-state index is 13.4. The van der Waals surface area contributed by atoms with Gasteiger partial charge >= 0.3 is 0 Å². The van der Waals surface area contributed by atoms with Crippen molar-refractivity contribution in [3.05, 3.63) is 28.5 Å². The summed E-state index contributed by atoms with van der Waals surface area (Å²) in [7, 11) is 0. The number of hydrogen-bond donors (Lipinski definition) is 2. The van der Waals surface area contributed by atoms with Crippen molar-refractivity contribution in [1.29, 1.82) is 0 Å². The Kier molecular flexibility index (Phi) is 3.50. The van der Waals surface area contributed by atoms with Gasteiger partial charge in [-0.3, -0.25) is 19.8 Å². The molecule has 0 aliphatic carbocycles. The van der Waals surface area contributed by atoms with E-state index in [9.17, 15) is 18.8 Å². The molecule has 1 aromatic rings. The molecule has 8 heteroatoms. The minimum absolute atomic E-state index is 0.0320. The Balaban J connectivity index is 2.33. The molecule has 3 N–H and O–H groups in total. The number of anilines is 1. The molecule has 100 valence electrons. The average Bonchev–Trinajstić information content (AvgIpc) is 2.61. The number of nitrogens with two attached hydrogens (primary N) is 1. The molecule has 0 saturated carbocycles. The van der Waals surface area contributed by atoms with Crippen LogP contribution in [-0.4, -0.2) is 24.1 Å². The molecule has 1 heterocycles. The predicted octanol–water partition coefficient (Wildman–Crippen LogP) is 0.388. The number of fused-ring (bicyclic) bond motifs is 1. The first-order valence-electron chi connectivity index (χ1n) is 5.30. The van der Waals surface area contributed by atoms with Crippen LogP contribution in [0.1, 0.15) is 16.8 Å². The summed E-state index contributed by atoms with van der Waals surface area (Å²) in [4.78, 5) is 35.5. The molecular weight excluding hydrogens is 277 g/mol. The van der Waals surface area contributed by atoms with Gasteiger partial charge in [-0.25, -0.2) is 10.2 Å². The van der Waals surface area contributed by atoms with Crippen molar-refractivity contribution in [2.45, 2.75) is 6.42 Å². The van der Waals surface area contributed by atoms with Crippen LogP contribution in [0.2, 0.25) is 5.02 Å². The number of carbonyl (C=O) groups excluding carboxylic acids is 3. The number of nitrogens with zero attached hydrogens (tertiary/aromatic N) is 1. The molecule has 6 nitrogen and oxygen atoms in total. The molecule has 0 bridgehead atoms. The molecule has 1 aromatic carbocycles. The van der Waals surface area contributed by atoms with Crippen molar-refractivity contribution in [3.8, 4) is 0 Å². The number of Topliss-reactive ketones (excluding diaryl/α,β-unsaturated/α-hetero) is 1. The molecule has 2 rings (SSSR count). The highest BCUT2D eigenvalue weighted by atomic mass is 35.5. The van der Waals surface area contributed by atoms with E-state index in [-0.39, 0.29) is 29.2 Å². The average molecular weight is 286 g/mol. The van der Waals surface area contributed by atoms with Gasteiger partial charge in [0, 0.05) is 13.0 Å². The second-order valence-electron chi connectivity index (χ2n) is 3.89. The van der Waals surface area contributed by atoms with Gasteiger partial charge in [0.25, 0.3) is 11.7 Å². The molecule has 2 amide bonds. The normalized spacial score (nSPS) is 13.7. The van der Waals surface area contributed by atoms with Crippen LogP contribution in [-0.2, 0) is 9.59 Å². The van der Waals surface area contributed by atoms with Gasteiger partial charge in [0.05, 0.1) is 16.3 Å². The lowest BCUT2D eigenvalue weighted by Crippen LogP contribution is -2.36. The maximum Gasteiger partial charge on any atom is 0.299 e. The number of halogens is 2. The first-order valence-corrected chi connectivity index (χ1v) is 5.68. The van der Waals surface area contributed by atoms with Crippen LogP contribution in [0, 0.1) is 5.82 Å². The summed E-state index contributed by atoms with van der Waals surface area (Å²) >= 11 is 5.57. The van der Waals surface area contributed by atoms with E-state index in [2.05, 4.69) is 0 Å².